The summed E-state index contributed by atoms with van der Waals surface area (Å²) in [6, 6.07) is 7.36. The van der Waals surface area contributed by atoms with Gasteiger partial charge in [-0.25, -0.2) is 0 Å². The van der Waals surface area contributed by atoms with Crippen molar-refractivity contribution in [2.24, 2.45) is 11.8 Å². The van der Waals surface area contributed by atoms with Crippen LogP contribution in [0.4, 0.5) is 0 Å². The van der Waals surface area contributed by atoms with Crippen LogP contribution in [0.2, 0.25) is 0 Å². The van der Waals surface area contributed by atoms with E-state index in [0.29, 0.717) is 12.1 Å². The molecule has 2 nitrogen and oxygen atoms in total. The summed E-state index contributed by atoms with van der Waals surface area (Å²) in [6.45, 7) is 7.00. The van der Waals surface area contributed by atoms with Crippen molar-refractivity contribution in [3.05, 3.63) is 28.2 Å². The van der Waals surface area contributed by atoms with Gasteiger partial charge in [0.15, 0.2) is 0 Å². The Balaban J connectivity index is 2.00. The Kier molecular flexibility index (Phi) is 5.50. The normalized spacial score (nSPS) is 28.1. The van der Waals surface area contributed by atoms with Gasteiger partial charge in [0, 0.05) is 12.1 Å². The van der Waals surface area contributed by atoms with Crippen LogP contribution < -0.4 is 10.1 Å². The van der Waals surface area contributed by atoms with Gasteiger partial charge >= 0.3 is 0 Å². The predicted octanol–water partition coefficient (Wildman–Crippen LogP) is 4.93. The Morgan fingerprint density at radius 2 is 1.85 bits per heavy atom. The van der Waals surface area contributed by atoms with Crippen LogP contribution in [-0.2, 0) is 0 Å². The third-order valence-electron chi connectivity index (χ3n) is 4.34. The van der Waals surface area contributed by atoms with E-state index in [9.17, 15) is 0 Å². The van der Waals surface area contributed by atoms with Gasteiger partial charge in [0.05, 0.1) is 11.6 Å². The van der Waals surface area contributed by atoms with E-state index in [2.05, 4.69) is 54.2 Å². The Morgan fingerprint density at radius 1 is 1.20 bits per heavy atom. The average Bonchev–Trinajstić information content (AvgIpc) is 2.37. The van der Waals surface area contributed by atoms with Crippen LogP contribution in [0.5, 0.6) is 5.75 Å². The number of methoxy groups -OCH3 is 1. The number of rotatable bonds is 4. The first-order chi connectivity index (χ1) is 9.49. The van der Waals surface area contributed by atoms with Gasteiger partial charge < -0.3 is 10.1 Å². The molecule has 0 amide bonds. The predicted molar refractivity (Wildman–Crippen MR) is 88.2 cm³/mol. The second-order valence-electron chi connectivity index (χ2n) is 6.40. The molecule has 1 aromatic carbocycles. The highest BCUT2D eigenvalue weighted by Gasteiger charge is 2.25. The molecule has 3 heteroatoms. The van der Waals surface area contributed by atoms with E-state index < -0.39 is 0 Å². The molecular weight excluding hydrogens is 314 g/mol. The first kappa shape index (κ1) is 15.8. The Labute approximate surface area is 131 Å². The van der Waals surface area contributed by atoms with Crippen LogP contribution in [-0.4, -0.2) is 13.2 Å². The van der Waals surface area contributed by atoms with Gasteiger partial charge in [0.2, 0.25) is 0 Å². The largest absolute Gasteiger partial charge is 0.496 e. The number of benzene rings is 1. The maximum atomic E-state index is 5.29. The first-order valence-corrected chi connectivity index (χ1v) is 8.38. The fraction of sp³-hybridized carbons (Fsp3) is 0.647. The lowest BCUT2D eigenvalue weighted by atomic mass is 9.80. The SMILES string of the molecule is COc1ccc(C(C)NC2CC(C)CC(C)C2)cc1Br. The fourth-order valence-corrected chi connectivity index (χ4v) is 4.04. The van der Waals surface area contributed by atoms with Gasteiger partial charge in [-0.05, 0) is 71.6 Å². The lowest BCUT2D eigenvalue weighted by Crippen LogP contribution is -2.37. The zero-order valence-electron chi connectivity index (χ0n) is 12.9. The molecule has 1 aliphatic carbocycles. The molecule has 0 radical (unpaired) electrons. The van der Waals surface area contributed by atoms with Crippen LogP contribution in [0.1, 0.15) is 51.6 Å². The number of halogens is 1. The van der Waals surface area contributed by atoms with Crippen molar-refractivity contribution in [2.75, 3.05) is 7.11 Å². The van der Waals surface area contributed by atoms with Crippen molar-refractivity contribution in [3.8, 4) is 5.75 Å². The minimum atomic E-state index is 0.375. The lowest BCUT2D eigenvalue weighted by Gasteiger charge is -2.34. The van der Waals surface area contributed by atoms with E-state index in [0.717, 1.165) is 22.1 Å². The molecule has 1 saturated carbocycles. The second kappa shape index (κ2) is 6.95. The van der Waals surface area contributed by atoms with Gasteiger partial charge in [-0.15, -0.1) is 0 Å². The zero-order chi connectivity index (χ0) is 14.7. The van der Waals surface area contributed by atoms with Crippen molar-refractivity contribution in [3.63, 3.8) is 0 Å². The molecule has 0 bridgehead atoms. The Morgan fingerprint density at radius 3 is 2.40 bits per heavy atom. The smallest absolute Gasteiger partial charge is 0.133 e. The van der Waals surface area contributed by atoms with Crippen molar-refractivity contribution in [1.29, 1.82) is 0 Å². The summed E-state index contributed by atoms with van der Waals surface area (Å²) in [4.78, 5) is 0. The van der Waals surface area contributed by atoms with E-state index in [4.69, 9.17) is 4.74 Å². The molecule has 0 aliphatic heterocycles. The van der Waals surface area contributed by atoms with Crippen molar-refractivity contribution < 1.29 is 4.74 Å². The number of nitrogens with one attached hydrogen (secondary N) is 1. The highest BCUT2D eigenvalue weighted by atomic mass is 79.9. The van der Waals surface area contributed by atoms with Crippen LogP contribution in [0.15, 0.2) is 22.7 Å². The van der Waals surface area contributed by atoms with Gasteiger partial charge in [0.1, 0.15) is 5.75 Å². The molecule has 1 aromatic rings. The summed E-state index contributed by atoms with van der Waals surface area (Å²) < 4.78 is 6.32. The monoisotopic (exact) mass is 339 g/mol. The minimum Gasteiger partial charge on any atom is -0.496 e. The summed E-state index contributed by atoms with van der Waals surface area (Å²) in [7, 11) is 1.70. The molecule has 0 saturated heterocycles. The number of hydrogen-bond donors (Lipinski definition) is 1. The third-order valence-corrected chi connectivity index (χ3v) is 4.96. The molecule has 0 spiro atoms. The number of ether oxygens (including phenoxy) is 1. The van der Waals surface area contributed by atoms with Crippen LogP contribution in [0, 0.1) is 11.8 Å². The highest BCUT2D eigenvalue weighted by molar-refractivity contribution is 9.10. The Bertz CT molecular complexity index is 439. The van der Waals surface area contributed by atoms with Crippen molar-refractivity contribution in [1.82, 2.24) is 5.32 Å². The zero-order valence-corrected chi connectivity index (χ0v) is 14.5. The van der Waals surface area contributed by atoms with Crippen LogP contribution >= 0.6 is 15.9 Å². The molecule has 112 valence electrons. The van der Waals surface area contributed by atoms with Gasteiger partial charge in [-0.2, -0.15) is 0 Å². The molecular formula is C17H26BrNO. The quantitative estimate of drug-likeness (QED) is 0.839. The molecule has 1 aliphatic rings. The molecule has 3 atom stereocenters. The Hall–Kier alpha value is -0.540. The van der Waals surface area contributed by atoms with Gasteiger partial charge in [0.25, 0.3) is 0 Å². The maximum Gasteiger partial charge on any atom is 0.133 e. The topological polar surface area (TPSA) is 21.3 Å². The summed E-state index contributed by atoms with van der Waals surface area (Å²) >= 11 is 3.57. The molecule has 0 heterocycles. The first-order valence-electron chi connectivity index (χ1n) is 7.59. The van der Waals surface area contributed by atoms with Crippen LogP contribution in [0.25, 0.3) is 0 Å². The summed E-state index contributed by atoms with van der Waals surface area (Å²) in [6.07, 6.45) is 3.97. The molecule has 3 unspecified atom stereocenters. The van der Waals surface area contributed by atoms with E-state index in [1.165, 1.54) is 24.8 Å². The molecule has 2 rings (SSSR count). The van der Waals surface area contributed by atoms with E-state index >= 15 is 0 Å². The summed E-state index contributed by atoms with van der Waals surface area (Å²) in [5.41, 5.74) is 1.31. The van der Waals surface area contributed by atoms with E-state index in [1.54, 1.807) is 7.11 Å². The van der Waals surface area contributed by atoms with Crippen LogP contribution in [0.3, 0.4) is 0 Å². The van der Waals surface area contributed by atoms with Gasteiger partial charge in [-0.1, -0.05) is 19.9 Å². The second-order valence-corrected chi connectivity index (χ2v) is 7.25. The molecule has 1 fully saturated rings. The molecule has 20 heavy (non-hydrogen) atoms. The summed E-state index contributed by atoms with van der Waals surface area (Å²) in [5, 5.41) is 3.80. The fourth-order valence-electron chi connectivity index (χ4n) is 3.48. The molecule has 0 aromatic heterocycles. The lowest BCUT2D eigenvalue weighted by molar-refractivity contribution is 0.228. The third kappa shape index (κ3) is 3.98. The molecule has 1 N–H and O–H groups in total. The maximum absolute atomic E-state index is 5.29. The minimum absolute atomic E-state index is 0.375. The van der Waals surface area contributed by atoms with Gasteiger partial charge in [-0.3, -0.25) is 0 Å². The average molecular weight is 340 g/mol. The van der Waals surface area contributed by atoms with Crippen molar-refractivity contribution in [2.45, 2.75) is 52.1 Å². The van der Waals surface area contributed by atoms with E-state index in [1.807, 2.05) is 6.07 Å². The highest BCUT2D eigenvalue weighted by Crippen LogP contribution is 2.31. The van der Waals surface area contributed by atoms with Crippen molar-refractivity contribution >= 4 is 15.9 Å². The summed E-state index contributed by atoms with van der Waals surface area (Å²) in [5.74, 6) is 2.57. The standard InChI is InChI=1S/C17H26BrNO/c1-11-7-12(2)9-15(8-11)19-13(3)14-5-6-17(20-4)16(18)10-14/h5-6,10-13,15,19H,7-9H2,1-4H3. The number of hydrogen-bond acceptors (Lipinski definition) is 2. The van der Waals surface area contributed by atoms with E-state index in [-0.39, 0.29) is 0 Å².